The van der Waals surface area contributed by atoms with E-state index in [1.807, 2.05) is 13.8 Å². The summed E-state index contributed by atoms with van der Waals surface area (Å²) >= 11 is 0. The Morgan fingerprint density at radius 2 is 2.11 bits per heavy atom. The van der Waals surface area contributed by atoms with Gasteiger partial charge in [0.1, 0.15) is 0 Å². The Bertz CT molecular complexity index is 417. The molecule has 2 aliphatic rings. The van der Waals surface area contributed by atoms with Crippen molar-refractivity contribution in [3.05, 3.63) is 22.8 Å². The molecule has 3 atom stereocenters. The third-order valence-corrected chi connectivity index (χ3v) is 4.79. The number of carbonyl (C=O) groups excluding carboxylic acids is 1. The van der Waals surface area contributed by atoms with E-state index in [4.69, 9.17) is 4.74 Å². The van der Waals surface area contributed by atoms with Gasteiger partial charge in [-0.3, -0.25) is 0 Å². The summed E-state index contributed by atoms with van der Waals surface area (Å²) in [5, 5.41) is 0. The predicted octanol–water partition coefficient (Wildman–Crippen LogP) is 4.27. The van der Waals surface area contributed by atoms with Crippen LogP contribution in [0.2, 0.25) is 0 Å². The summed E-state index contributed by atoms with van der Waals surface area (Å²) in [6.07, 6.45) is 7.17. The van der Waals surface area contributed by atoms with E-state index in [1.54, 1.807) is 11.1 Å². The van der Waals surface area contributed by atoms with Gasteiger partial charge < -0.3 is 4.74 Å². The van der Waals surface area contributed by atoms with E-state index < -0.39 is 0 Å². The maximum Gasteiger partial charge on any atom is 0.333 e. The lowest BCUT2D eigenvalue weighted by atomic mass is 9.71. The molecule has 2 aliphatic carbocycles. The van der Waals surface area contributed by atoms with Crippen molar-refractivity contribution in [3.63, 3.8) is 0 Å². The third kappa shape index (κ3) is 2.93. The molecule has 0 bridgehead atoms. The molecule has 0 N–H and O–H groups in total. The van der Waals surface area contributed by atoms with Crippen molar-refractivity contribution in [1.29, 1.82) is 0 Å². The minimum atomic E-state index is -0.158. The number of hydrogen-bond donors (Lipinski definition) is 0. The molecule has 1 saturated carbocycles. The van der Waals surface area contributed by atoms with Gasteiger partial charge in [0, 0.05) is 5.57 Å². The van der Waals surface area contributed by atoms with Crippen LogP contribution < -0.4 is 0 Å². The molecule has 2 rings (SSSR count). The van der Waals surface area contributed by atoms with Crippen LogP contribution in [-0.2, 0) is 9.53 Å². The lowest BCUT2D eigenvalue weighted by Gasteiger charge is -2.34. The monoisotopic (exact) mass is 262 g/mol. The first-order chi connectivity index (χ1) is 9.04. The summed E-state index contributed by atoms with van der Waals surface area (Å²) in [4.78, 5) is 11.7. The maximum absolute atomic E-state index is 11.7. The minimum absolute atomic E-state index is 0.158. The third-order valence-electron chi connectivity index (χ3n) is 4.79. The SMILES string of the molecule is CCOC(=O)/C(C)=C/[C@@H]1CCC(C)C2CCC(C)=C21. The molecule has 0 saturated heterocycles. The molecule has 0 aromatic carbocycles. The topological polar surface area (TPSA) is 26.3 Å². The molecular weight excluding hydrogens is 236 g/mol. The van der Waals surface area contributed by atoms with E-state index in [0.717, 1.165) is 17.4 Å². The highest BCUT2D eigenvalue weighted by atomic mass is 16.5. The molecule has 0 aliphatic heterocycles. The van der Waals surface area contributed by atoms with Crippen LogP contribution in [0, 0.1) is 17.8 Å². The number of hydrogen-bond acceptors (Lipinski definition) is 2. The average molecular weight is 262 g/mol. The molecular formula is C17H26O2. The van der Waals surface area contributed by atoms with Gasteiger partial charge in [-0.1, -0.05) is 24.1 Å². The van der Waals surface area contributed by atoms with Gasteiger partial charge in [0.25, 0.3) is 0 Å². The Kier molecular flexibility index (Phi) is 4.49. The van der Waals surface area contributed by atoms with Crippen molar-refractivity contribution in [2.45, 2.75) is 53.4 Å². The van der Waals surface area contributed by atoms with Crippen molar-refractivity contribution in [2.75, 3.05) is 6.61 Å². The molecule has 0 amide bonds. The molecule has 2 heteroatoms. The van der Waals surface area contributed by atoms with Crippen LogP contribution in [0.4, 0.5) is 0 Å². The Morgan fingerprint density at radius 1 is 1.37 bits per heavy atom. The zero-order valence-electron chi connectivity index (χ0n) is 12.7. The van der Waals surface area contributed by atoms with Crippen LogP contribution >= 0.6 is 0 Å². The number of fused-ring (bicyclic) bond motifs is 1. The van der Waals surface area contributed by atoms with Gasteiger partial charge >= 0.3 is 5.97 Å². The van der Waals surface area contributed by atoms with Crippen molar-refractivity contribution < 1.29 is 9.53 Å². The Morgan fingerprint density at radius 3 is 2.79 bits per heavy atom. The number of ether oxygens (including phenoxy) is 1. The Hall–Kier alpha value is -1.05. The van der Waals surface area contributed by atoms with E-state index >= 15 is 0 Å². The van der Waals surface area contributed by atoms with Crippen LogP contribution in [0.1, 0.15) is 53.4 Å². The van der Waals surface area contributed by atoms with E-state index in [1.165, 1.54) is 25.7 Å². The number of rotatable bonds is 3. The minimum Gasteiger partial charge on any atom is -0.463 e. The first kappa shape index (κ1) is 14.4. The summed E-state index contributed by atoms with van der Waals surface area (Å²) < 4.78 is 5.08. The Labute approximate surface area is 116 Å². The van der Waals surface area contributed by atoms with Gasteiger partial charge in [0.15, 0.2) is 0 Å². The van der Waals surface area contributed by atoms with Crippen molar-refractivity contribution in [3.8, 4) is 0 Å². The van der Waals surface area contributed by atoms with Crippen LogP contribution in [0.25, 0.3) is 0 Å². The highest BCUT2D eigenvalue weighted by Crippen LogP contribution is 2.48. The fraction of sp³-hybridized carbons (Fsp3) is 0.706. The highest BCUT2D eigenvalue weighted by molar-refractivity contribution is 5.87. The maximum atomic E-state index is 11.7. The van der Waals surface area contributed by atoms with Crippen LogP contribution in [0.5, 0.6) is 0 Å². The molecule has 1 fully saturated rings. The first-order valence-electron chi connectivity index (χ1n) is 7.59. The van der Waals surface area contributed by atoms with Crippen LogP contribution in [-0.4, -0.2) is 12.6 Å². The van der Waals surface area contributed by atoms with Gasteiger partial charge in [-0.15, -0.1) is 0 Å². The average Bonchev–Trinajstić information content (AvgIpc) is 2.76. The number of esters is 1. The zero-order chi connectivity index (χ0) is 14.0. The van der Waals surface area contributed by atoms with Crippen molar-refractivity contribution in [1.82, 2.24) is 0 Å². The molecule has 2 nitrogen and oxygen atoms in total. The van der Waals surface area contributed by atoms with E-state index in [2.05, 4.69) is 19.9 Å². The lowest BCUT2D eigenvalue weighted by Crippen LogP contribution is -2.23. The highest BCUT2D eigenvalue weighted by Gasteiger charge is 2.36. The molecule has 0 radical (unpaired) electrons. The summed E-state index contributed by atoms with van der Waals surface area (Å²) in [6, 6.07) is 0. The Balaban J connectivity index is 2.18. The van der Waals surface area contributed by atoms with Gasteiger partial charge in [-0.2, -0.15) is 0 Å². The van der Waals surface area contributed by atoms with E-state index in [0.29, 0.717) is 12.5 Å². The summed E-state index contributed by atoms with van der Waals surface area (Å²) in [7, 11) is 0. The van der Waals surface area contributed by atoms with Crippen LogP contribution in [0.3, 0.4) is 0 Å². The molecule has 0 aromatic heterocycles. The van der Waals surface area contributed by atoms with Gasteiger partial charge in [-0.05, 0) is 64.2 Å². The van der Waals surface area contributed by atoms with Crippen LogP contribution in [0.15, 0.2) is 22.8 Å². The molecule has 106 valence electrons. The zero-order valence-corrected chi connectivity index (χ0v) is 12.7. The van der Waals surface area contributed by atoms with Gasteiger partial charge in [0.05, 0.1) is 6.61 Å². The second-order valence-corrected chi connectivity index (χ2v) is 6.11. The van der Waals surface area contributed by atoms with Crippen molar-refractivity contribution in [2.24, 2.45) is 17.8 Å². The largest absolute Gasteiger partial charge is 0.463 e. The lowest BCUT2D eigenvalue weighted by molar-refractivity contribution is -0.138. The molecule has 0 aromatic rings. The fourth-order valence-corrected chi connectivity index (χ4v) is 3.76. The fourth-order valence-electron chi connectivity index (χ4n) is 3.76. The summed E-state index contributed by atoms with van der Waals surface area (Å²) in [5.74, 6) is 1.87. The van der Waals surface area contributed by atoms with E-state index in [9.17, 15) is 4.79 Å². The van der Waals surface area contributed by atoms with Gasteiger partial charge in [0.2, 0.25) is 0 Å². The first-order valence-corrected chi connectivity index (χ1v) is 7.59. The normalized spacial score (nSPS) is 31.4. The van der Waals surface area contributed by atoms with E-state index in [-0.39, 0.29) is 5.97 Å². The number of carbonyl (C=O) groups is 1. The standard InChI is InChI=1S/C17H26O2/c1-5-19-17(18)13(4)10-14-8-6-11(2)15-9-7-12(3)16(14)15/h10-11,14-15H,5-9H2,1-4H3/b13-10+/t11?,14-,15?/m0/s1. The summed E-state index contributed by atoms with van der Waals surface area (Å²) in [6.45, 7) is 8.84. The summed E-state index contributed by atoms with van der Waals surface area (Å²) in [5.41, 5.74) is 3.96. The smallest absolute Gasteiger partial charge is 0.333 e. The molecule has 2 unspecified atom stereocenters. The van der Waals surface area contributed by atoms with Crippen molar-refractivity contribution >= 4 is 5.97 Å². The molecule has 0 heterocycles. The van der Waals surface area contributed by atoms with Gasteiger partial charge in [-0.25, -0.2) is 4.79 Å². The number of allylic oxidation sites excluding steroid dienone is 3. The quantitative estimate of drug-likeness (QED) is 0.431. The second-order valence-electron chi connectivity index (χ2n) is 6.11. The second kappa shape index (κ2) is 5.94. The molecule has 19 heavy (non-hydrogen) atoms. The molecule has 0 spiro atoms. The predicted molar refractivity (Wildman–Crippen MR) is 77.7 cm³/mol.